The van der Waals surface area contributed by atoms with Gasteiger partial charge < -0.3 is 5.32 Å². The van der Waals surface area contributed by atoms with Crippen molar-refractivity contribution < 1.29 is 4.39 Å². The first-order valence-electron chi connectivity index (χ1n) is 6.32. The SMILES string of the molecule is CNC(CCCc1cc(F)ccc1Br)C1CC1. The van der Waals surface area contributed by atoms with Gasteiger partial charge in [0.1, 0.15) is 5.82 Å². The zero-order valence-electron chi connectivity index (χ0n) is 10.2. The van der Waals surface area contributed by atoms with Crippen molar-refractivity contribution in [2.24, 2.45) is 5.92 Å². The van der Waals surface area contributed by atoms with Crippen LogP contribution in [0.4, 0.5) is 4.39 Å². The summed E-state index contributed by atoms with van der Waals surface area (Å²) in [5.41, 5.74) is 1.08. The van der Waals surface area contributed by atoms with E-state index in [2.05, 4.69) is 21.2 Å². The molecule has 0 aliphatic heterocycles. The van der Waals surface area contributed by atoms with Crippen molar-refractivity contribution in [1.29, 1.82) is 0 Å². The Labute approximate surface area is 111 Å². The Kier molecular flexibility index (Phi) is 4.57. The number of aryl methyl sites for hydroxylation is 1. The summed E-state index contributed by atoms with van der Waals surface area (Å²) in [6.07, 6.45) is 5.99. The van der Waals surface area contributed by atoms with E-state index in [4.69, 9.17) is 0 Å². The Bertz CT molecular complexity index is 376. The molecule has 0 aromatic heterocycles. The van der Waals surface area contributed by atoms with Crippen LogP contribution in [0.2, 0.25) is 0 Å². The maximum Gasteiger partial charge on any atom is 0.123 e. The van der Waals surface area contributed by atoms with Crippen LogP contribution in [0.3, 0.4) is 0 Å². The first-order valence-corrected chi connectivity index (χ1v) is 7.11. The third kappa shape index (κ3) is 3.78. The van der Waals surface area contributed by atoms with Crippen LogP contribution in [0, 0.1) is 11.7 Å². The lowest BCUT2D eigenvalue weighted by atomic mass is 10.0. The van der Waals surface area contributed by atoms with Gasteiger partial charge in [0.25, 0.3) is 0 Å². The lowest BCUT2D eigenvalue weighted by Gasteiger charge is -2.15. The topological polar surface area (TPSA) is 12.0 Å². The molecule has 0 heterocycles. The van der Waals surface area contributed by atoms with Gasteiger partial charge in [-0.25, -0.2) is 4.39 Å². The minimum absolute atomic E-state index is 0.143. The summed E-state index contributed by atoms with van der Waals surface area (Å²) in [7, 11) is 2.04. The molecule has 94 valence electrons. The van der Waals surface area contributed by atoms with Gasteiger partial charge in [-0.3, -0.25) is 0 Å². The highest BCUT2D eigenvalue weighted by Gasteiger charge is 2.29. The van der Waals surface area contributed by atoms with Crippen molar-refractivity contribution in [3.8, 4) is 0 Å². The van der Waals surface area contributed by atoms with Crippen LogP contribution in [0.25, 0.3) is 0 Å². The molecule has 1 unspecified atom stereocenters. The Morgan fingerprint density at radius 2 is 2.24 bits per heavy atom. The van der Waals surface area contributed by atoms with Gasteiger partial charge >= 0.3 is 0 Å². The van der Waals surface area contributed by atoms with Gasteiger partial charge in [0.05, 0.1) is 0 Å². The first-order chi connectivity index (χ1) is 8.20. The summed E-state index contributed by atoms with van der Waals surface area (Å²) >= 11 is 3.47. The quantitative estimate of drug-likeness (QED) is 0.840. The molecule has 0 amide bonds. The van der Waals surface area contributed by atoms with Crippen LogP contribution in [0.15, 0.2) is 22.7 Å². The molecule has 1 fully saturated rings. The van der Waals surface area contributed by atoms with Crippen molar-refractivity contribution in [2.45, 2.75) is 38.1 Å². The zero-order chi connectivity index (χ0) is 12.3. The molecule has 3 heteroatoms. The minimum atomic E-state index is -0.143. The molecule has 1 atom stereocenters. The lowest BCUT2D eigenvalue weighted by Crippen LogP contribution is -2.27. The lowest BCUT2D eigenvalue weighted by molar-refractivity contribution is 0.456. The first kappa shape index (κ1) is 13.0. The zero-order valence-corrected chi connectivity index (χ0v) is 11.8. The third-order valence-electron chi connectivity index (χ3n) is 3.53. The van der Waals surface area contributed by atoms with Crippen molar-refractivity contribution in [1.82, 2.24) is 5.32 Å². The average molecular weight is 300 g/mol. The Morgan fingerprint density at radius 3 is 2.88 bits per heavy atom. The molecule has 2 rings (SSSR count). The second-order valence-corrected chi connectivity index (χ2v) is 5.71. The van der Waals surface area contributed by atoms with Crippen LogP contribution < -0.4 is 5.32 Å². The van der Waals surface area contributed by atoms with E-state index in [1.807, 2.05) is 7.05 Å². The molecule has 1 aliphatic rings. The van der Waals surface area contributed by atoms with Gasteiger partial charge in [0.2, 0.25) is 0 Å². The van der Waals surface area contributed by atoms with Gasteiger partial charge in [-0.15, -0.1) is 0 Å². The molecule has 0 bridgehead atoms. The number of rotatable bonds is 6. The van der Waals surface area contributed by atoms with Gasteiger partial charge in [-0.05, 0) is 68.8 Å². The molecule has 1 saturated carbocycles. The maximum atomic E-state index is 13.1. The van der Waals surface area contributed by atoms with E-state index in [1.165, 1.54) is 25.3 Å². The van der Waals surface area contributed by atoms with Crippen LogP contribution in [-0.4, -0.2) is 13.1 Å². The van der Waals surface area contributed by atoms with E-state index < -0.39 is 0 Å². The van der Waals surface area contributed by atoms with Gasteiger partial charge in [0, 0.05) is 10.5 Å². The predicted molar refractivity (Wildman–Crippen MR) is 72.6 cm³/mol. The highest BCUT2D eigenvalue weighted by atomic mass is 79.9. The monoisotopic (exact) mass is 299 g/mol. The molecular formula is C14H19BrFN. The summed E-state index contributed by atoms with van der Waals surface area (Å²) in [5, 5.41) is 3.39. The van der Waals surface area contributed by atoms with Gasteiger partial charge in [-0.2, -0.15) is 0 Å². The molecule has 0 saturated heterocycles. The summed E-state index contributed by atoms with van der Waals surface area (Å²) in [6.45, 7) is 0. The van der Waals surface area contributed by atoms with Gasteiger partial charge in [-0.1, -0.05) is 15.9 Å². The second-order valence-electron chi connectivity index (χ2n) is 4.86. The van der Waals surface area contributed by atoms with E-state index in [-0.39, 0.29) is 5.82 Å². The molecule has 0 radical (unpaired) electrons. The molecule has 0 spiro atoms. The largest absolute Gasteiger partial charge is 0.317 e. The van der Waals surface area contributed by atoms with Crippen LogP contribution >= 0.6 is 15.9 Å². The summed E-state index contributed by atoms with van der Waals surface area (Å²) in [4.78, 5) is 0. The van der Waals surface area contributed by atoms with E-state index in [9.17, 15) is 4.39 Å². The number of halogens is 2. The normalized spacial score (nSPS) is 17.1. The minimum Gasteiger partial charge on any atom is -0.317 e. The predicted octanol–water partition coefficient (Wildman–Crippen LogP) is 3.91. The molecule has 1 aromatic rings. The maximum absolute atomic E-state index is 13.1. The number of hydrogen-bond acceptors (Lipinski definition) is 1. The standard InChI is InChI=1S/C14H19BrFN/c1-17-14(10-5-6-10)4-2-3-11-9-12(16)7-8-13(11)15/h7-10,14,17H,2-6H2,1H3. The molecular weight excluding hydrogens is 281 g/mol. The number of hydrogen-bond donors (Lipinski definition) is 1. The van der Waals surface area contributed by atoms with Crippen LogP contribution in [0.5, 0.6) is 0 Å². The molecule has 1 nitrogen and oxygen atoms in total. The number of nitrogens with one attached hydrogen (secondary N) is 1. The van der Waals surface area contributed by atoms with Crippen LogP contribution in [-0.2, 0) is 6.42 Å². The fourth-order valence-corrected chi connectivity index (χ4v) is 2.81. The molecule has 1 N–H and O–H groups in total. The molecule has 17 heavy (non-hydrogen) atoms. The Morgan fingerprint density at radius 1 is 1.47 bits per heavy atom. The molecule has 1 aromatic carbocycles. The smallest absolute Gasteiger partial charge is 0.123 e. The van der Waals surface area contributed by atoms with Crippen molar-refractivity contribution in [3.63, 3.8) is 0 Å². The number of benzene rings is 1. The van der Waals surface area contributed by atoms with Crippen molar-refractivity contribution >= 4 is 15.9 Å². The summed E-state index contributed by atoms with van der Waals surface area (Å²) in [5.74, 6) is 0.742. The van der Waals surface area contributed by atoms with Crippen LogP contribution in [0.1, 0.15) is 31.2 Å². The van der Waals surface area contributed by atoms with E-state index in [0.29, 0.717) is 6.04 Å². The summed E-state index contributed by atoms with van der Waals surface area (Å²) in [6, 6.07) is 5.58. The average Bonchev–Trinajstić information content (AvgIpc) is 3.13. The van der Waals surface area contributed by atoms with Crippen molar-refractivity contribution in [3.05, 3.63) is 34.1 Å². The Hall–Kier alpha value is -0.410. The highest BCUT2D eigenvalue weighted by Crippen LogP contribution is 2.34. The second kappa shape index (κ2) is 5.96. The fourth-order valence-electron chi connectivity index (χ4n) is 2.36. The van der Waals surface area contributed by atoms with E-state index in [1.54, 1.807) is 12.1 Å². The van der Waals surface area contributed by atoms with E-state index >= 15 is 0 Å². The summed E-state index contributed by atoms with van der Waals surface area (Å²) < 4.78 is 14.1. The fraction of sp³-hybridized carbons (Fsp3) is 0.571. The highest BCUT2D eigenvalue weighted by molar-refractivity contribution is 9.10. The third-order valence-corrected chi connectivity index (χ3v) is 4.30. The molecule has 1 aliphatic carbocycles. The van der Waals surface area contributed by atoms with Gasteiger partial charge in [0.15, 0.2) is 0 Å². The Balaban J connectivity index is 1.82. The van der Waals surface area contributed by atoms with E-state index in [0.717, 1.165) is 28.8 Å². The van der Waals surface area contributed by atoms with Crippen molar-refractivity contribution in [2.75, 3.05) is 7.05 Å².